The lowest BCUT2D eigenvalue weighted by molar-refractivity contribution is 0.0827. The van der Waals surface area contributed by atoms with Gasteiger partial charge in [0.05, 0.1) is 16.1 Å². The molecule has 1 aromatic carbocycles. The number of nitrogens with zero attached hydrogens (tertiary/aromatic N) is 2. The number of primary amides is 1. The first-order valence-electron chi connectivity index (χ1n) is 7.45. The lowest BCUT2D eigenvalue weighted by Crippen LogP contribution is -2.21. The van der Waals surface area contributed by atoms with Crippen LogP contribution in [0.4, 0.5) is 5.69 Å². The largest absolute Gasteiger partial charge is 0.455 e. The van der Waals surface area contributed by atoms with Gasteiger partial charge in [0.25, 0.3) is 11.8 Å². The number of aromatic nitrogens is 1. The number of carbonyl (C=O) groups excluding carboxylic acids is 2. The highest BCUT2D eigenvalue weighted by Crippen LogP contribution is 2.41. The van der Waals surface area contributed by atoms with Crippen LogP contribution in [-0.4, -0.2) is 35.8 Å². The average molecular weight is 391 g/mol. The highest BCUT2D eigenvalue weighted by molar-refractivity contribution is 7.21. The van der Waals surface area contributed by atoms with Crippen molar-refractivity contribution in [1.82, 2.24) is 9.88 Å². The lowest BCUT2D eigenvalue weighted by atomic mass is 10.2. The summed E-state index contributed by atoms with van der Waals surface area (Å²) in [6.07, 6.45) is 1.54. The SMILES string of the molecule is CN(C)C(=O)c1ccc(Oc2ccnc3sc(C(N)=O)c(N)c23)c(Cl)c1. The summed E-state index contributed by atoms with van der Waals surface area (Å²) in [5, 5.41) is 0.766. The number of nitrogen functional groups attached to an aromatic ring is 1. The predicted molar refractivity (Wildman–Crippen MR) is 102 cm³/mol. The summed E-state index contributed by atoms with van der Waals surface area (Å²) >= 11 is 7.36. The van der Waals surface area contributed by atoms with Crippen molar-refractivity contribution in [3.8, 4) is 11.5 Å². The Morgan fingerprint density at radius 3 is 2.58 bits per heavy atom. The van der Waals surface area contributed by atoms with E-state index in [1.165, 1.54) is 17.2 Å². The van der Waals surface area contributed by atoms with E-state index in [1.54, 1.807) is 32.3 Å². The molecule has 0 aliphatic heterocycles. The molecular formula is C17H15ClN4O3S. The number of fused-ring (bicyclic) bond motifs is 1. The van der Waals surface area contributed by atoms with Crippen molar-refractivity contribution in [1.29, 1.82) is 0 Å². The minimum atomic E-state index is -0.624. The number of thiophene rings is 1. The topological polar surface area (TPSA) is 112 Å². The van der Waals surface area contributed by atoms with Gasteiger partial charge in [0.15, 0.2) is 0 Å². The molecule has 9 heteroatoms. The molecule has 0 aliphatic carbocycles. The molecule has 3 rings (SSSR count). The van der Waals surface area contributed by atoms with Crippen molar-refractivity contribution in [3.05, 3.63) is 45.9 Å². The van der Waals surface area contributed by atoms with Crippen LogP contribution in [0.5, 0.6) is 11.5 Å². The molecule has 0 bridgehead atoms. The molecule has 2 heterocycles. The van der Waals surface area contributed by atoms with Crippen molar-refractivity contribution < 1.29 is 14.3 Å². The van der Waals surface area contributed by atoms with E-state index in [-0.39, 0.29) is 21.5 Å². The molecule has 0 saturated heterocycles. The van der Waals surface area contributed by atoms with Gasteiger partial charge in [-0.1, -0.05) is 11.6 Å². The number of anilines is 1. The van der Waals surface area contributed by atoms with Gasteiger partial charge in [-0.3, -0.25) is 9.59 Å². The smallest absolute Gasteiger partial charge is 0.260 e. The van der Waals surface area contributed by atoms with Gasteiger partial charge in [-0.2, -0.15) is 0 Å². The van der Waals surface area contributed by atoms with E-state index in [1.807, 2.05) is 0 Å². The van der Waals surface area contributed by atoms with Crippen LogP contribution in [0, 0.1) is 0 Å². The van der Waals surface area contributed by atoms with Gasteiger partial charge < -0.3 is 21.1 Å². The molecule has 4 N–H and O–H groups in total. The summed E-state index contributed by atoms with van der Waals surface area (Å²) in [5.41, 5.74) is 12.0. The number of ether oxygens (including phenoxy) is 1. The standard InChI is InChI=1S/C17H15ClN4O3S/c1-22(2)17(24)8-3-4-10(9(18)7-8)25-11-5-6-21-16-12(11)13(19)14(26-16)15(20)23/h3-7H,19H2,1-2H3,(H2,20,23). The third-order valence-corrected chi connectivity index (χ3v) is 5.04. The number of halogens is 1. The number of pyridine rings is 1. The zero-order valence-corrected chi connectivity index (χ0v) is 15.5. The number of hydrogen-bond donors (Lipinski definition) is 2. The number of rotatable bonds is 4. The lowest BCUT2D eigenvalue weighted by Gasteiger charge is -2.13. The van der Waals surface area contributed by atoms with Crippen LogP contribution < -0.4 is 16.2 Å². The van der Waals surface area contributed by atoms with E-state index < -0.39 is 5.91 Å². The monoisotopic (exact) mass is 390 g/mol. The Bertz CT molecular complexity index is 1030. The Hall–Kier alpha value is -2.84. The zero-order chi connectivity index (χ0) is 19.0. The average Bonchev–Trinajstić information content (AvgIpc) is 2.94. The molecular weight excluding hydrogens is 376 g/mol. The fourth-order valence-electron chi connectivity index (χ4n) is 2.38. The number of carbonyl (C=O) groups is 2. The summed E-state index contributed by atoms with van der Waals surface area (Å²) < 4.78 is 5.87. The summed E-state index contributed by atoms with van der Waals surface area (Å²) in [5.74, 6) is -0.0514. The van der Waals surface area contributed by atoms with E-state index in [0.29, 0.717) is 27.3 Å². The van der Waals surface area contributed by atoms with Gasteiger partial charge in [0.2, 0.25) is 0 Å². The number of hydrogen-bond acceptors (Lipinski definition) is 6. The second-order valence-corrected chi connectivity index (χ2v) is 7.05. The van der Waals surface area contributed by atoms with Crippen LogP contribution in [0.2, 0.25) is 5.02 Å². The molecule has 26 heavy (non-hydrogen) atoms. The highest BCUT2D eigenvalue weighted by Gasteiger charge is 2.19. The fraction of sp³-hybridized carbons (Fsp3) is 0.118. The maximum Gasteiger partial charge on any atom is 0.260 e. The summed E-state index contributed by atoms with van der Waals surface area (Å²) in [6.45, 7) is 0. The van der Waals surface area contributed by atoms with E-state index >= 15 is 0 Å². The number of benzene rings is 1. The molecule has 3 aromatic rings. The van der Waals surface area contributed by atoms with Gasteiger partial charge in [-0.05, 0) is 24.3 Å². The van der Waals surface area contributed by atoms with Gasteiger partial charge >= 0.3 is 0 Å². The van der Waals surface area contributed by atoms with Gasteiger partial charge in [0.1, 0.15) is 21.2 Å². The van der Waals surface area contributed by atoms with Crippen molar-refractivity contribution >= 4 is 50.7 Å². The first kappa shape index (κ1) is 18.0. The Kier molecular flexibility index (Phi) is 4.71. The molecule has 0 radical (unpaired) electrons. The first-order chi connectivity index (χ1) is 12.3. The van der Waals surface area contributed by atoms with E-state index in [2.05, 4.69) is 4.98 Å². The Balaban J connectivity index is 2.02. The van der Waals surface area contributed by atoms with Crippen LogP contribution in [0.25, 0.3) is 10.2 Å². The Morgan fingerprint density at radius 2 is 1.96 bits per heavy atom. The van der Waals surface area contributed by atoms with Crippen LogP contribution in [0.1, 0.15) is 20.0 Å². The van der Waals surface area contributed by atoms with E-state index in [9.17, 15) is 9.59 Å². The number of nitrogens with two attached hydrogens (primary N) is 2. The third-order valence-electron chi connectivity index (χ3n) is 3.62. The zero-order valence-electron chi connectivity index (χ0n) is 13.9. The summed E-state index contributed by atoms with van der Waals surface area (Å²) in [4.78, 5) is 29.9. The van der Waals surface area contributed by atoms with Crippen LogP contribution in [-0.2, 0) is 0 Å². The van der Waals surface area contributed by atoms with Gasteiger partial charge in [-0.15, -0.1) is 11.3 Å². The normalized spacial score (nSPS) is 10.7. The quantitative estimate of drug-likeness (QED) is 0.710. The molecule has 0 aliphatic rings. The summed E-state index contributed by atoms with van der Waals surface area (Å²) in [7, 11) is 3.31. The third kappa shape index (κ3) is 3.16. The molecule has 2 amide bonds. The van der Waals surface area contributed by atoms with Gasteiger partial charge in [-0.25, -0.2) is 4.98 Å². The molecule has 0 atom stereocenters. The van der Waals surface area contributed by atoms with Gasteiger partial charge in [0, 0.05) is 25.9 Å². The molecule has 0 saturated carbocycles. The van der Waals surface area contributed by atoms with Crippen LogP contribution >= 0.6 is 22.9 Å². The Labute approximate surface area is 158 Å². The minimum absolute atomic E-state index is 0.169. The van der Waals surface area contributed by atoms with Crippen LogP contribution in [0.3, 0.4) is 0 Å². The van der Waals surface area contributed by atoms with E-state index in [4.69, 9.17) is 27.8 Å². The highest BCUT2D eigenvalue weighted by atomic mass is 35.5. The first-order valence-corrected chi connectivity index (χ1v) is 8.65. The summed E-state index contributed by atoms with van der Waals surface area (Å²) in [6, 6.07) is 6.37. The molecule has 134 valence electrons. The second kappa shape index (κ2) is 6.81. The van der Waals surface area contributed by atoms with Crippen molar-refractivity contribution in [3.63, 3.8) is 0 Å². The number of amides is 2. The molecule has 0 unspecified atom stereocenters. The van der Waals surface area contributed by atoms with Crippen molar-refractivity contribution in [2.75, 3.05) is 19.8 Å². The maximum atomic E-state index is 12.0. The molecule has 7 nitrogen and oxygen atoms in total. The predicted octanol–water partition coefficient (Wildman–Crippen LogP) is 3.12. The van der Waals surface area contributed by atoms with E-state index in [0.717, 1.165) is 11.3 Å². The molecule has 0 fully saturated rings. The molecule has 2 aromatic heterocycles. The van der Waals surface area contributed by atoms with Crippen molar-refractivity contribution in [2.45, 2.75) is 0 Å². The van der Waals surface area contributed by atoms with Crippen LogP contribution in [0.15, 0.2) is 30.5 Å². The maximum absolute atomic E-state index is 12.0. The second-order valence-electron chi connectivity index (χ2n) is 5.65. The minimum Gasteiger partial charge on any atom is -0.455 e. The van der Waals surface area contributed by atoms with Crippen molar-refractivity contribution in [2.24, 2.45) is 5.73 Å². The Morgan fingerprint density at radius 1 is 1.23 bits per heavy atom. The molecule has 0 spiro atoms. The fourth-order valence-corrected chi connectivity index (χ4v) is 3.53.